The van der Waals surface area contributed by atoms with Gasteiger partial charge in [-0.15, -0.1) is 0 Å². The molecule has 0 aliphatic carbocycles. The molecule has 28 heavy (non-hydrogen) atoms. The van der Waals surface area contributed by atoms with Crippen molar-refractivity contribution in [3.8, 4) is 0 Å². The summed E-state index contributed by atoms with van der Waals surface area (Å²) in [6.07, 6.45) is -4.61. The molecule has 3 N–H and O–H groups in total. The van der Waals surface area contributed by atoms with Gasteiger partial charge in [0.25, 0.3) is 0 Å². The second kappa shape index (κ2) is 9.42. The van der Waals surface area contributed by atoms with Gasteiger partial charge in [0.2, 0.25) is 5.91 Å². The number of carbonyl (C=O) groups is 2. The van der Waals surface area contributed by atoms with Crippen molar-refractivity contribution in [3.05, 3.63) is 35.9 Å². The van der Waals surface area contributed by atoms with E-state index in [1.54, 1.807) is 6.07 Å². The number of alkyl halides is 3. The summed E-state index contributed by atoms with van der Waals surface area (Å²) in [6, 6.07) is 7.17. The number of nitrogens with zero attached hydrogens (tertiary/aromatic N) is 1. The molecule has 6 nitrogen and oxygen atoms in total. The molecule has 1 amide bonds. The minimum absolute atomic E-state index is 0.00850. The average Bonchev–Trinajstić information content (AvgIpc) is 3.03. The van der Waals surface area contributed by atoms with E-state index in [-0.39, 0.29) is 25.0 Å². The summed E-state index contributed by atoms with van der Waals surface area (Å²) < 4.78 is 40.4. The highest BCUT2D eigenvalue weighted by atomic mass is 19.4. The van der Waals surface area contributed by atoms with Gasteiger partial charge in [0.15, 0.2) is 0 Å². The standard InChI is InChI=1S/C18H23BF3NO5/c20-18(21,22)15(12-5-2-1-3-6-12)9-16(24)23-10-13(7-4-8-19(27)28)14(11-23)17(25)26/h1-3,5-6,13-15,27-28H,4,7-11H2,(H,25,26). The van der Waals surface area contributed by atoms with Crippen molar-refractivity contribution >= 4 is 19.0 Å². The lowest BCUT2D eigenvalue weighted by Crippen LogP contribution is -2.34. The van der Waals surface area contributed by atoms with E-state index in [0.717, 1.165) is 0 Å². The Morgan fingerprint density at radius 1 is 1.18 bits per heavy atom. The fraction of sp³-hybridized carbons (Fsp3) is 0.556. The number of halogens is 3. The maximum Gasteiger partial charge on any atom is 0.451 e. The fourth-order valence-electron chi connectivity index (χ4n) is 3.62. The Morgan fingerprint density at radius 3 is 2.36 bits per heavy atom. The molecule has 0 radical (unpaired) electrons. The van der Waals surface area contributed by atoms with Gasteiger partial charge in [-0.3, -0.25) is 9.59 Å². The number of carbonyl (C=O) groups excluding carboxylic acids is 1. The van der Waals surface area contributed by atoms with Crippen LogP contribution in [0.1, 0.15) is 30.7 Å². The van der Waals surface area contributed by atoms with Crippen LogP contribution in [0, 0.1) is 11.8 Å². The van der Waals surface area contributed by atoms with E-state index in [4.69, 9.17) is 10.0 Å². The highest BCUT2D eigenvalue weighted by molar-refractivity contribution is 6.40. The summed E-state index contributed by atoms with van der Waals surface area (Å²) >= 11 is 0. The summed E-state index contributed by atoms with van der Waals surface area (Å²) in [6.45, 7) is -0.0867. The molecule has 0 aromatic heterocycles. The second-order valence-electron chi connectivity index (χ2n) is 7.12. The Hall–Kier alpha value is -2.07. The van der Waals surface area contributed by atoms with Gasteiger partial charge in [-0.05, 0) is 24.2 Å². The molecule has 1 aliphatic heterocycles. The third-order valence-corrected chi connectivity index (χ3v) is 5.12. The molecular weight excluding hydrogens is 378 g/mol. The van der Waals surface area contributed by atoms with Crippen LogP contribution in [0.25, 0.3) is 0 Å². The van der Waals surface area contributed by atoms with Crippen LogP contribution in [-0.2, 0) is 9.59 Å². The van der Waals surface area contributed by atoms with Gasteiger partial charge in [0.05, 0.1) is 11.8 Å². The topological polar surface area (TPSA) is 98.1 Å². The lowest BCUT2D eigenvalue weighted by molar-refractivity contribution is -0.160. The molecule has 1 fully saturated rings. The number of rotatable bonds is 8. The van der Waals surface area contributed by atoms with E-state index in [2.05, 4.69) is 0 Å². The average molecular weight is 401 g/mol. The van der Waals surface area contributed by atoms with Gasteiger partial charge in [-0.1, -0.05) is 36.8 Å². The summed E-state index contributed by atoms with van der Waals surface area (Å²) in [5, 5.41) is 27.2. The first-order valence-electron chi connectivity index (χ1n) is 9.08. The number of benzene rings is 1. The SMILES string of the molecule is O=C(O)C1CN(C(=O)CC(c2ccccc2)C(F)(F)F)CC1CCCB(O)O. The Labute approximate surface area is 161 Å². The van der Waals surface area contributed by atoms with E-state index < -0.39 is 49.3 Å². The highest BCUT2D eigenvalue weighted by Crippen LogP contribution is 2.38. The van der Waals surface area contributed by atoms with E-state index in [1.165, 1.54) is 29.2 Å². The van der Waals surface area contributed by atoms with Crippen molar-refractivity contribution in [3.63, 3.8) is 0 Å². The van der Waals surface area contributed by atoms with E-state index in [0.29, 0.717) is 12.8 Å². The fourth-order valence-corrected chi connectivity index (χ4v) is 3.62. The van der Waals surface area contributed by atoms with Crippen molar-refractivity contribution in [1.82, 2.24) is 4.90 Å². The lowest BCUT2D eigenvalue weighted by atomic mass is 9.80. The monoisotopic (exact) mass is 401 g/mol. The molecule has 10 heteroatoms. The van der Waals surface area contributed by atoms with Crippen LogP contribution in [0.5, 0.6) is 0 Å². The molecule has 3 atom stereocenters. The molecular formula is C18H23BF3NO5. The zero-order valence-corrected chi connectivity index (χ0v) is 15.2. The largest absolute Gasteiger partial charge is 0.481 e. The predicted octanol–water partition coefficient (Wildman–Crippen LogP) is 2.13. The molecule has 1 aliphatic rings. The first-order chi connectivity index (χ1) is 13.1. The van der Waals surface area contributed by atoms with Crippen LogP contribution in [-0.4, -0.2) is 58.3 Å². The smallest absolute Gasteiger partial charge is 0.451 e. The van der Waals surface area contributed by atoms with E-state index >= 15 is 0 Å². The van der Waals surface area contributed by atoms with Gasteiger partial charge in [0.1, 0.15) is 0 Å². The van der Waals surface area contributed by atoms with E-state index in [9.17, 15) is 27.9 Å². The molecule has 1 aromatic rings. The zero-order chi connectivity index (χ0) is 20.9. The summed E-state index contributed by atoms with van der Waals surface area (Å²) in [7, 11) is -1.50. The molecule has 1 heterocycles. The van der Waals surface area contributed by atoms with Gasteiger partial charge < -0.3 is 20.1 Å². The molecule has 0 bridgehead atoms. The molecule has 1 saturated heterocycles. The Morgan fingerprint density at radius 2 is 1.82 bits per heavy atom. The summed E-state index contributed by atoms with van der Waals surface area (Å²) in [5.74, 6) is -5.10. The third-order valence-electron chi connectivity index (χ3n) is 5.12. The zero-order valence-electron chi connectivity index (χ0n) is 15.2. The van der Waals surface area contributed by atoms with Crippen LogP contribution in [0.2, 0.25) is 6.32 Å². The van der Waals surface area contributed by atoms with Crippen LogP contribution >= 0.6 is 0 Å². The van der Waals surface area contributed by atoms with Crippen molar-refractivity contribution < 1.29 is 37.9 Å². The number of hydrogen-bond acceptors (Lipinski definition) is 4. The maximum atomic E-state index is 13.5. The Kier molecular flexibility index (Phi) is 7.48. The normalized spacial score (nSPS) is 20.8. The molecule has 3 unspecified atom stereocenters. The third kappa shape index (κ3) is 5.97. The highest BCUT2D eigenvalue weighted by Gasteiger charge is 2.45. The van der Waals surface area contributed by atoms with Crippen molar-refractivity contribution in [2.75, 3.05) is 13.1 Å². The van der Waals surface area contributed by atoms with Crippen LogP contribution < -0.4 is 0 Å². The molecule has 0 spiro atoms. The molecule has 0 saturated carbocycles. The quantitative estimate of drug-likeness (QED) is 0.580. The molecule has 2 rings (SSSR count). The van der Waals surface area contributed by atoms with Gasteiger partial charge in [-0.25, -0.2) is 0 Å². The number of amides is 1. The lowest BCUT2D eigenvalue weighted by Gasteiger charge is -2.23. The first kappa shape index (κ1) is 22.2. The van der Waals surface area contributed by atoms with Gasteiger partial charge in [-0.2, -0.15) is 13.2 Å². The predicted molar refractivity (Wildman–Crippen MR) is 95.3 cm³/mol. The van der Waals surface area contributed by atoms with E-state index in [1.807, 2.05) is 0 Å². The number of carboxylic acid groups (broad SMARTS) is 1. The second-order valence-corrected chi connectivity index (χ2v) is 7.12. The number of likely N-dealkylation sites (tertiary alicyclic amines) is 1. The minimum atomic E-state index is -4.60. The maximum absolute atomic E-state index is 13.5. The van der Waals surface area contributed by atoms with Gasteiger partial charge in [0, 0.05) is 19.5 Å². The first-order valence-corrected chi connectivity index (χ1v) is 9.08. The Bertz CT molecular complexity index is 671. The minimum Gasteiger partial charge on any atom is -0.481 e. The summed E-state index contributed by atoms with van der Waals surface area (Å²) in [5.41, 5.74) is -0.00850. The van der Waals surface area contributed by atoms with Gasteiger partial charge >= 0.3 is 19.3 Å². The van der Waals surface area contributed by atoms with Crippen molar-refractivity contribution in [2.24, 2.45) is 11.8 Å². The molecule has 154 valence electrons. The Balaban J connectivity index is 2.06. The molecule has 1 aromatic carbocycles. The van der Waals surface area contributed by atoms with Crippen molar-refractivity contribution in [1.29, 1.82) is 0 Å². The number of hydrogen-bond donors (Lipinski definition) is 3. The van der Waals surface area contributed by atoms with Crippen LogP contribution in [0.3, 0.4) is 0 Å². The number of carboxylic acids is 1. The van der Waals surface area contributed by atoms with Crippen LogP contribution in [0.4, 0.5) is 13.2 Å². The number of aliphatic carboxylic acids is 1. The van der Waals surface area contributed by atoms with Crippen molar-refractivity contribution in [2.45, 2.75) is 37.7 Å². The van der Waals surface area contributed by atoms with Crippen LogP contribution in [0.15, 0.2) is 30.3 Å². The summed E-state index contributed by atoms with van der Waals surface area (Å²) in [4.78, 5) is 25.2.